The third kappa shape index (κ3) is 5.06. The van der Waals surface area contributed by atoms with E-state index in [4.69, 9.17) is 16.3 Å². The quantitative estimate of drug-likeness (QED) is 0.208. The van der Waals surface area contributed by atoms with Gasteiger partial charge in [0.1, 0.15) is 23.2 Å². The minimum absolute atomic E-state index is 0.0497. The molecule has 2 unspecified atom stereocenters. The molecule has 1 aromatic heterocycles. The number of pyridine rings is 1. The van der Waals surface area contributed by atoms with Gasteiger partial charge in [0.15, 0.2) is 0 Å². The number of hydrogen-bond acceptors (Lipinski definition) is 5. The molecule has 2 atom stereocenters. The Bertz CT molecular complexity index is 1470. The van der Waals surface area contributed by atoms with Crippen LogP contribution in [0.15, 0.2) is 42.5 Å². The summed E-state index contributed by atoms with van der Waals surface area (Å²) < 4.78 is 20.2. The number of nitrogens with zero attached hydrogens (tertiary/aromatic N) is 3. The minimum atomic E-state index is -1.40. The van der Waals surface area contributed by atoms with E-state index in [0.29, 0.717) is 24.8 Å². The van der Waals surface area contributed by atoms with Gasteiger partial charge in [0.05, 0.1) is 18.1 Å². The number of hydrogen-bond donors (Lipinski definition) is 1. The summed E-state index contributed by atoms with van der Waals surface area (Å²) in [6.45, 7) is 7.20. The van der Waals surface area contributed by atoms with Gasteiger partial charge in [-0.2, -0.15) is 0 Å². The van der Waals surface area contributed by atoms with Crippen molar-refractivity contribution in [2.45, 2.75) is 58.5 Å². The zero-order valence-corrected chi connectivity index (χ0v) is 24.0. The molecule has 5 rings (SSSR count). The highest BCUT2D eigenvalue weighted by molar-refractivity contribution is 6.34. The first kappa shape index (κ1) is 28.1. The fourth-order valence-electron chi connectivity index (χ4n) is 6.59. The molecule has 0 spiro atoms. The van der Waals surface area contributed by atoms with Crippen molar-refractivity contribution in [1.29, 1.82) is 0 Å². The summed E-state index contributed by atoms with van der Waals surface area (Å²) >= 11 is 6.59. The number of quaternary nitrogens is 1. The average molecular weight is 567 g/mol. The molecule has 210 valence electrons. The van der Waals surface area contributed by atoms with E-state index in [2.05, 4.69) is 22.0 Å². The first-order valence-corrected chi connectivity index (χ1v) is 14.0. The Kier molecular flexibility index (Phi) is 7.59. The number of rotatable bonds is 5. The van der Waals surface area contributed by atoms with E-state index in [0.717, 1.165) is 47.7 Å². The van der Waals surface area contributed by atoms with E-state index in [1.165, 1.54) is 6.07 Å². The van der Waals surface area contributed by atoms with Crippen LogP contribution in [0.4, 0.5) is 14.9 Å². The maximum absolute atomic E-state index is 15.3. The number of benzene rings is 2. The van der Waals surface area contributed by atoms with Crippen molar-refractivity contribution in [3.05, 3.63) is 86.9 Å². The number of aromatic nitrogens is 1. The van der Waals surface area contributed by atoms with Crippen LogP contribution < -0.4 is 9.64 Å². The molecule has 2 aromatic carbocycles. The number of amides is 1. The van der Waals surface area contributed by atoms with E-state index >= 15 is 4.39 Å². The van der Waals surface area contributed by atoms with Crippen LogP contribution in [0.3, 0.4) is 0 Å². The highest BCUT2D eigenvalue weighted by Gasteiger charge is 2.52. The first-order chi connectivity index (χ1) is 19.0. The van der Waals surface area contributed by atoms with E-state index in [1.54, 1.807) is 25.1 Å². The van der Waals surface area contributed by atoms with Crippen molar-refractivity contribution in [1.82, 2.24) is 4.98 Å². The third-order valence-corrected chi connectivity index (χ3v) is 9.09. The van der Waals surface area contributed by atoms with E-state index in [-0.39, 0.29) is 38.8 Å². The molecule has 1 saturated heterocycles. The van der Waals surface area contributed by atoms with E-state index in [1.807, 2.05) is 27.0 Å². The van der Waals surface area contributed by atoms with Crippen LogP contribution in [0, 0.1) is 26.6 Å². The molecule has 1 aliphatic carbocycles. The fraction of sp³-hybridized carbons (Fsp3) is 0.387. The predicted molar refractivity (Wildman–Crippen MR) is 152 cm³/mol. The monoisotopic (exact) mass is 566 g/mol. The van der Waals surface area contributed by atoms with Gasteiger partial charge < -0.3 is 14.7 Å². The van der Waals surface area contributed by atoms with Crippen LogP contribution in [0.2, 0.25) is 5.02 Å². The van der Waals surface area contributed by atoms with Gasteiger partial charge in [0.2, 0.25) is 0 Å². The van der Waals surface area contributed by atoms with Gasteiger partial charge in [0.25, 0.3) is 0 Å². The number of aryl methyl sites for hydroxylation is 4. The molecular weight excluding hydrogens is 533 g/mol. The Morgan fingerprint density at radius 3 is 2.38 bits per heavy atom. The molecule has 1 fully saturated rings. The summed E-state index contributed by atoms with van der Waals surface area (Å²) in [7, 11) is 1.89. The lowest BCUT2D eigenvalue weighted by Crippen LogP contribution is -2.61. The molecule has 40 heavy (non-hydrogen) atoms. The SMILES string of the molecule is Cc1cc(N2CCC([N+](C)(C(=O)c3c(F)ccc(C)c3Cl)C3CCc4ccc(OC(=O)O)cc43)CC2)cc(C)n1. The van der Waals surface area contributed by atoms with Crippen LogP contribution in [0.5, 0.6) is 5.75 Å². The van der Waals surface area contributed by atoms with E-state index in [9.17, 15) is 14.7 Å². The largest absolute Gasteiger partial charge is 0.511 e. The summed E-state index contributed by atoms with van der Waals surface area (Å²) in [5.41, 5.74) is 5.48. The van der Waals surface area contributed by atoms with Gasteiger partial charge in [-0.3, -0.25) is 4.98 Å². The lowest BCUT2D eigenvalue weighted by molar-refractivity contribution is -0.887. The summed E-state index contributed by atoms with van der Waals surface area (Å²) in [6, 6.07) is 11.8. The average Bonchev–Trinajstić information content (AvgIpc) is 3.33. The Labute approximate surface area is 238 Å². The topological polar surface area (TPSA) is 79.7 Å². The molecule has 0 saturated carbocycles. The number of halogens is 2. The van der Waals surface area contributed by atoms with Crippen LogP contribution in [0.1, 0.15) is 63.7 Å². The van der Waals surface area contributed by atoms with Crippen molar-refractivity contribution in [2.75, 3.05) is 25.0 Å². The second-order valence-corrected chi connectivity index (χ2v) is 11.5. The number of fused-ring (bicyclic) bond motifs is 1. The van der Waals surface area contributed by atoms with Crippen molar-refractivity contribution in [2.24, 2.45) is 0 Å². The number of anilines is 1. The Hall–Kier alpha value is -3.49. The predicted octanol–water partition coefficient (Wildman–Crippen LogP) is 6.80. The molecular formula is C31H34ClFN3O4+. The molecule has 9 heteroatoms. The normalized spacial score (nSPS) is 18.8. The van der Waals surface area contributed by atoms with Crippen LogP contribution >= 0.6 is 11.6 Å². The summed E-state index contributed by atoms with van der Waals surface area (Å²) in [4.78, 5) is 32.6. The Morgan fingerprint density at radius 1 is 1.05 bits per heavy atom. The number of ether oxygens (including phenoxy) is 1. The van der Waals surface area contributed by atoms with Crippen LogP contribution in [0.25, 0.3) is 0 Å². The van der Waals surface area contributed by atoms with Crippen molar-refractivity contribution < 1.29 is 28.3 Å². The lowest BCUT2D eigenvalue weighted by Gasteiger charge is -2.47. The highest BCUT2D eigenvalue weighted by Crippen LogP contribution is 2.46. The molecule has 1 N–H and O–H groups in total. The number of carbonyl (C=O) groups is 2. The van der Waals surface area contributed by atoms with E-state index < -0.39 is 12.0 Å². The number of carbonyl (C=O) groups excluding carboxylic acids is 1. The highest BCUT2D eigenvalue weighted by atomic mass is 35.5. The summed E-state index contributed by atoms with van der Waals surface area (Å²) in [5.74, 6) is -0.788. The van der Waals surface area contributed by atoms with Gasteiger partial charge in [-0.25, -0.2) is 18.5 Å². The van der Waals surface area contributed by atoms with Gasteiger partial charge in [0, 0.05) is 55.0 Å². The molecule has 3 aromatic rings. The zero-order chi connectivity index (χ0) is 28.8. The maximum atomic E-state index is 15.3. The van der Waals surface area contributed by atoms with Gasteiger partial charge >= 0.3 is 12.1 Å². The van der Waals surface area contributed by atoms with Gasteiger partial charge in [-0.05, 0) is 68.7 Å². The lowest BCUT2D eigenvalue weighted by atomic mass is 9.92. The minimum Gasteiger partial charge on any atom is -0.449 e. The maximum Gasteiger partial charge on any atom is 0.511 e. The second-order valence-electron chi connectivity index (χ2n) is 11.1. The summed E-state index contributed by atoms with van der Waals surface area (Å²) in [6.07, 6.45) is 1.43. The third-order valence-electron chi connectivity index (χ3n) is 8.61. The van der Waals surface area contributed by atoms with Crippen LogP contribution in [-0.4, -0.2) is 52.8 Å². The molecule has 1 amide bonds. The fourth-order valence-corrected chi connectivity index (χ4v) is 6.83. The van der Waals surface area contributed by atoms with Crippen molar-refractivity contribution in [3.63, 3.8) is 0 Å². The second kappa shape index (κ2) is 10.8. The molecule has 0 radical (unpaired) electrons. The molecule has 0 bridgehead atoms. The van der Waals surface area contributed by atoms with Crippen molar-refractivity contribution in [3.8, 4) is 5.75 Å². The summed E-state index contributed by atoms with van der Waals surface area (Å²) in [5, 5.41) is 9.31. The molecule has 2 aliphatic rings. The first-order valence-electron chi connectivity index (χ1n) is 13.6. The smallest absolute Gasteiger partial charge is 0.449 e. The zero-order valence-electron chi connectivity index (χ0n) is 23.2. The van der Waals surface area contributed by atoms with Crippen LogP contribution in [-0.2, 0) is 6.42 Å². The van der Waals surface area contributed by atoms with Gasteiger partial charge in [-0.15, -0.1) is 0 Å². The number of carboxylic acid groups (broad SMARTS) is 1. The van der Waals surface area contributed by atoms with Crippen molar-refractivity contribution >= 4 is 29.4 Å². The Morgan fingerprint density at radius 2 is 1.73 bits per heavy atom. The molecule has 2 heterocycles. The number of piperidine rings is 1. The molecule has 1 aliphatic heterocycles. The standard InChI is InChI=1S/C31H33ClFN3O4/c1-18-5-9-26(33)28(29(18)32)30(37)36(4,27-10-7-21-6-8-24(17-25(21)27)40-31(38)39)23-11-13-35(14-12-23)22-15-19(2)34-20(3)16-22/h5-6,8-9,15-17,23,27H,7,10-14H2,1-4H3/p+1. The molecule has 7 nitrogen and oxygen atoms in total. The Balaban J connectivity index is 1.55. The van der Waals surface area contributed by atoms with Gasteiger partial charge in [-0.1, -0.05) is 23.7 Å².